The van der Waals surface area contributed by atoms with Crippen LogP contribution in [0.4, 0.5) is 5.69 Å². The Bertz CT molecular complexity index is 559. The van der Waals surface area contributed by atoms with E-state index < -0.39 is 0 Å². The van der Waals surface area contributed by atoms with Gasteiger partial charge in [0.15, 0.2) is 5.78 Å². The highest BCUT2D eigenvalue weighted by Gasteiger charge is 2.44. The fraction of sp³-hybridized carbons (Fsp3) is 0.632. The van der Waals surface area contributed by atoms with Crippen LogP contribution in [0.3, 0.4) is 0 Å². The van der Waals surface area contributed by atoms with Gasteiger partial charge in [-0.15, -0.1) is 0 Å². The van der Waals surface area contributed by atoms with Crippen molar-refractivity contribution in [2.24, 2.45) is 5.41 Å². The van der Waals surface area contributed by atoms with Gasteiger partial charge in [0.2, 0.25) is 0 Å². The summed E-state index contributed by atoms with van der Waals surface area (Å²) >= 11 is 0. The molecular formula is C19H25NO. The lowest BCUT2D eigenvalue weighted by molar-refractivity contribution is 0.101. The van der Waals surface area contributed by atoms with Gasteiger partial charge in [0.05, 0.1) is 0 Å². The fourth-order valence-electron chi connectivity index (χ4n) is 4.00. The minimum absolute atomic E-state index is 0.205. The van der Waals surface area contributed by atoms with Crippen LogP contribution in [0.15, 0.2) is 18.2 Å². The van der Waals surface area contributed by atoms with Crippen LogP contribution in [-0.4, -0.2) is 18.9 Å². The third kappa shape index (κ3) is 2.39. The maximum absolute atomic E-state index is 12.0. The number of rotatable bonds is 3. The first-order valence-electron chi connectivity index (χ1n) is 8.57. The molecule has 2 nitrogen and oxygen atoms in total. The van der Waals surface area contributed by atoms with E-state index in [0.717, 1.165) is 24.6 Å². The molecule has 2 saturated carbocycles. The van der Waals surface area contributed by atoms with Gasteiger partial charge in [-0.3, -0.25) is 4.79 Å². The first-order chi connectivity index (χ1) is 10.2. The van der Waals surface area contributed by atoms with Crippen LogP contribution < -0.4 is 4.90 Å². The largest absolute Gasteiger partial charge is 0.371 e. The molecule has 1 heterocycles. The van der Waals surface area contributed by atoms with Crippen molar-refractivity contribution < 1.29 is 4.79 Å². The van der Waals surface area contributed by atoms with Gasteiger partial charge in [0, 0.05) is 24.3 Å². The number of hydrogen-bond acceptors (Lipinski definition) is 2. The lowest BCUT2D eigenvalue weighted by atomic mass is 9.79. The van der Waals surface area contributed by atoms with Crippen molar-refractivity contribution in [3.8, 4) is 0 Å². The van der Waals surface area contributed by atoms with E-state index in [0.29, 0.717) is 5.41 Å². The molecule has 112 valence electrons. The average molecular weight is 283 g/mol. The molecule has 21 heavy (non-hydrogen) atoms. The summed E-state index contributed by atoms with van der Waals surface area (Å²) in [5.41, 5.74) is 4.28. The highest BCUT2D eigenvalue weighted by molar-refractivity contribution is 6.00. The number of piperidine rings is 1. The molecule has 0 atom stereocenters. The van der Waals surface area contributed by atoms with Gasteiger partial charge in [-0.25, -0.2) is 0 Å². The van der Waals surface area contributed by atoms with Crippen molar-refractivity contribution in [2.75, 3.05) is 18.0 Å². The average Bonchev–Trinajstić information content (AvgIpc) is 3.17. The van der Waals surface area contributed by atoms with E-state index in [1.807, 2.05) is 0 Å². The highest BCUT2D eigenvalue weighted by atomic mass is 16.1. The molecule has 1 aromatic carbocycles. The van der Waals surface area contributed by atoms with Crippen LogP contribution in [0.1, 0.15) is 73.7 Å². The van der Waals surface area contributed by atoms with Crippen LogP contribution >= 0.6 is 0 Å². The van der Waals surface area contributed by atoms with E-state index in [2.05, 4.69) is 23.1 Å². The summed E-state index contributed by atoms with van der Waals surface area (Å²) in [6, 6.07) is 6.59. The van der Waals surface area contributed by atoms with E-state index in [1.165, 1.54) is 56.2 Å². The smallest absolute Gasteiger partial charge is 0.161 e. The molecule has 0 amide bonds. The lowest BCUT2D eigenvalue weighted by Gasteiger charge is -2.36. The SMILES string of the molecule is CC(=O)c1ccc(C2CCC2)cc1N1CCC2(CC1)CC2. The highest BCUT2D eigenvalue weighted by Crippen LogP contribution is 2.54. The molecule has 2 aliphatic carbocycles. The van der Waals surface area contributed by atoms with Crippen LogP contribution in [0, 0.1) is 5.41 Å². The van der Waals surface area contributed by atoms with Gasteiger partial charge < -0.3 is 4.90 Å². The Morgan fingerprint density at radius 1 is 1.14 bits per heavy atom. The van der Waals surface area contributed by atoms with E-state index >= 15 is 0 Å². The minimum Gasteiger partial charge on any atom is -0.371 e. The predicted molar refractivity (Wildman–Crippen MR) is 86.2 cm³/mol. The Labute approximate surface area is 127 Å². The summed E-state index contributed by atoms with van der Waals surface area (Å²) < 4.78 is 0. The topological polar surface area (TPSA) is 20.3 Å². The summed E-state index contributed by atoms with van der Waals surface area (Å²) in [6.45, 7) is 3.97. The number of Topliss-reactive ketones (excluding diaryl/α,β-unsaturated/α-hetero) is 1. The zero-order chi connectivity index (χ0) is 14.4. The van der Waals surface area contributed by atoms with Crippen molar-refractivity contribution >= 4 is 11.5 Å². The Balaban J connectivity index is 1.62. The first-order valence-corrected chi connectivity index (χ1v) is 8.57. The number of carbonyl (C=O) groups excluding carboxylic acids is 1. The molecule has 2 heteroatoms. The molecule has 1 aromatic rings. The van der Waals surface area contributed by atoms with E-state index in [9.17, 15) is 4.79 Å². The quantitative estimate of drug-likeness (QED) is 0.759. The molecule has 1 saturated heterocycles. The fourth-order valence-corrected chi connectivity index (χ4v) is 4.00. The zero-order valence-corrected chi connectivity index (χ0v) is 13.0. The number of nitrogens with zero attached hydrogens (tertiary/aromatic N) is 1. The minimum atomic E-state index is 0.205. The summed E-state index contributed by atoms with van der Waals surface area (Å²) in [7, 11) is 0. The molecular weight excluding hydrogens is 258 g/mol. The summed E-state index contributed by atoms with van der Waals surface area (Å²) in [6.07, 6.45) is 9.51. The Kier molecular flexibility index (Phi) is 3.09. The molecule has 0 N–H and O–H groups in total. The second kappa shape index (κ2) is 4.86. The Morgan fingerprint density at radius 2 is 1.86 bits per heavy atom. The summed E-state index contributed by atoms with van der Waals surface area (Å²) in [5.74, 6) is 0.946. The van der Waals surface area contributed by atoms with Crippen molar-refractivity contribution in [1.29, 1.82) is 0 Å². The third-order valence-corrected chi connectivity index (χ3v) is 6.10. The Morgan fingerprint density at radius 3 is 2.38 bits per heavy atom. The number of hydrogen-bond donors (Lipinski definition) is 0. The molecule has 0 unspecified atom stereocenters. The van der Waals surface area contributed by atoms with Gasteiger partial charge in [0.1, 0.15) is 0 Å². The molecule has 0 bridgehead atoms. The molecule has 0 aromatic heterocycles. The molecule has 1 spiro atoms. The maximum Gasteiger partial charge on any atom is 0.161 e. The first kappa shape index (κ1) is 13.4. The molecule has 3 fully saturated rings. The predicted octanol–water partition coefficient (Wildman–Crippen LogP) is 4.54. The summed E-state index contributed by atoms with van der Waals surface area (Å²) in [5, 5.41) is 0. The van der Waals surface area contributed by atoms with E-state index in [4.69, 9.17) is 0 Å². The maximum atomic E-state index is 12.0. The number of ketones is 1. The van der Waals surface area contributed by atoms with E-state index in [-0.39, 0.29) is 5.78 Å². The second-order valence-electron chi connectivity index (χ2n) is 7.45. The van der Waals surface area contributed by atoms with Gasteiger partial charge in [-0.1, -0.05) is 12.5 Å². The van der Waals surface area contributed by atoms with Crippen molar-refractivity contribution in [2.45, 2.75) is 57.8 Å². The number of benzene rings is 1. The van der Waals surface area contributed by atoms with Gasteiger partial charge >= 0.3 is 0 Å². The molecule has 4 rings (SSSR count). The van der Waals surface area contributed by atoms with E-state index in [1.54, 1.807) is 6.92 Å². The summed E-state index contributed by atoms with van der Waals surface area (Å²) in [4.78, 5) is 14.5. The van der Waals surface area contributed by atoms with Crippen molar-refractivity contribution in [3.05, 3.63) is 29.3 Å². The van der Waals surface area contributed by atoms with Crippen molar-refractivity contribution in [1.82, 2.24) is 0 Å². The van der Waals surface area contributed by atoms with Gasteiger partial charge in [-0.05, 0) is 74.5 Å². The molecule has 0 radical (unpaired) electrons. The monoisotopic (exact) mass is 283 g/mol. The van der Waals surface area contributed by atoms with Crippen molar-refractivity contribution in [3.63, 3.8) is 0 Å². The van der Waals surface area contributed by atoms with Crippen LogP contribution in [0.2, 0.25) is 0 Å². The van der Waals surface area contributed by atoms with Gasteiger partial charge in [-0.2, -0.15) is 0 Å². The zero-order valence-electron chi connectivity index (χ0n) is 13.0. The number of carbonyl (C=O) groups is 1. The Hall–Kier alpha value is -1.31. The van der Waals surface area contributed by atoms with Crippen LogP contribution in [-0.2, 0) is 0 Å². The molecule has 1 aliphatic heterocycles. The number of anilines is 1. The van der Waals surface area contributed by atoms with Gasteiger partial charge in [0.25, 0.3) is 0 Å². The second-order valence-corrected chi connectivity index (χ2v) is 7.45. The lowest BCUT2D eigenvalue weighted by Crippen LogP contribution is -2.35. The van der Waals surface area contributed by atoms with Crippen LogP contribution in [0.25, 0.3) is 0 Å². The third-order valence-electron chi connectivity index (χ3n) is 6.10. The normalized spacial score (nSPS) is 24.0. The standard InChI is InChI=1S/C19H25NO/c1-14(21)17-6-5-16(15-3-2-4-15)13-18(17)20-11-9-19(7-8-19)10-12-20/h5-6,13,15H,2-4,7-12H2,1H3. The molecule has 3 aliphatic rings. The van der Waals surface area contributed by atoms with Crippen LogP contribution in [0.5, 0.6) is 0 Å².